The van der Waals surface area contributed by atoms with E-state index in [1.54, 1.807) is 4.90 Å². The molecule has 1 aromatic carbocycles. The van der Waals surface area contributed by atoms with Crippen LogP contribution in [0.2, 0.25) is 5.02 Å². The highest BCUT2D eigenvalue weighted by Gasteiger charge is 2.33. The van der Waals surface area contributed by atoms with Gasteiger partial charge in [0.05, 0.1) is 21.2 Å². The summed E-state index contributed by atoms with van der Waals surface area (Å²) < 4.78 is 6.16. The molecule has 1 aliphatic rings. The number of ether oxygens (including phenoxy) is 1. The van der Waals surface area contributed by atoms with Crippen LogP contribution >= 0.6 is 27.5 Å². The smallest absolute Gasteiger partial charge is 0.410 e. The molecule has 1 aliphatic heterocycles. The van der Waals surface area contributed by atoms with Crippen LogP contribution in [0.4, 0.5) is 10.5 Å². The number of carbonyl (C=O) groups is 1. The van der Waals surface area contributed by atoms with Crippen LogP contribution in [0.5, 0.6) is 0 Å². The molecule has 20 heavy (non-hydrogen) atoms. The van der Waals surface area contributed by atoms with Crippen LogP contribution in [0.3, 0.4) is 0 Å². The molecule has 1 fully saturated rings. The Morgan fingerprint density at radius 1 is 1.45 bits per heavy atom. The molecule has 0 unspecified atom stereocenters. The standard InChI is InChI=1S/C14H18BrClN2O2/c1-14(2,3)20-13(19)18-7-9(8-18)17-11-6-4-5-10(16)12(11)15/h4-6,9,17H,7-8H2,1-3H3. The highest BCUT2D eigenvalue weighted by Crippen LogP contribution is 2.31. The number of nitrogens with zero attached hydrogens (tertiary/aromatic N) is 1. The molecule has 0 radical (unpaired) electrons. The van der Waals surface area contributed by atoms with Gasteiger partial charge in [0.2, 0.25) is 0 Å². The number of benzene rings is 1. The quantitative estimate of drug-likeness (QED) is 0.861. The predicted molar refractivity (Wildman–Crippen MR) is 84.4 cm³/mol. The van der Waals surface area contributed by atoms with Crippen molar-refractivity contribution in [3.05, 3.63) is 27.7 Å². The van der Waals surface area contributed by atoms with E-state index in [0.717, 1.165) is 10.2 Å². The van der Waals surface area contributed by atoms with Crippen molar-refractivity contribution in [2.75, 3.05) is 18.4 Å². The number of anilines is 1. The lowest BCUT2D eigenvalue weighted by Gasteiger charge is -2.40. The summed E-state index contributed by atoms with van der Waals surface area (Å²) in [5.41, 5.74) is 0.484. The zero-order valence-corrected chi connectivity index (χ0v) is 14.1. The monoisotopic (exact) mass is 360 g/mol. The molecule has 1 aromatic rings. The number of halogens is 2. The van der Waals surface area contributed by atoms with E-state index in [4.69, 9.17) is 16.3 Å². The van der Waals surface area contributed by atoms with Crippen LogP contribution in [0.1, 0.15) is 20.8 Å². The third-order valence-electron chi connectivity index (χ3n) is 2.84. The van der Waals surface area contributed by atoms with Crippen molar-refractivity contribution in [1.82, 2.24) is 4.90 Å². The first-order valence-corrected chi connectivity index (χ1v) is 7.62. The normalized spacial score (nSPS) is 15.8. The van der Waals surface area contributed by atoms with Crippen LogP contribution in [0, 0.1) is 0 Å². The van der Waals surface area contributed by atoms with Crippen LogP contribution in [0.15, 0.2) is 22.7 Å². The maximum atomic E-state index is 11.8. The molecule has 0 spiro atoms. The van der Waals surface area contributed by atoms with Gasteiger partial charge in [-0.25, -0.2) is 4.79 Å². The Balaban J connectivity index is 1.85. The van der Waals surface area contributed by atoms with Gasteiger partial charge in [-0.1, -0.05) is 17.7 Å². The van der Waals surface area contributed by atoms with E-state index in [1.807, 2.05) is 39.0 Å². The number of likely N-dealkylation sites (tertiary alicyclic amines) is 1. The van der Waals surface area contributed by atoms with Crippen LogP contribution < -0.4 is 5.32 Å². The zero-order chi connectivity index (χ0) is 14.9. The van der Waals surface area contributed by atoms with Gasteiger partial charge >= 0.3 is 6.09 Å². The second-order valence-electron chi connectivity index (χ2n) is 5.83. The Morgan fingerprint density at radius 3 is 2.70 bits per heavy atom. The van der Waals surface area contributed by atoms with Crippen LogP contribution in [0.25, 0.3) is 0 Å². The van der Waals surface area contributed by atoms with Crippen molar-refractivity contribution in [3.8, 4) is 0 Å². The molecule has 1 saturated heterocycles. The summed E-state index contributed by atoms with van der Waals surface area (Å²) in [6.07, 6.45) is -0.263. The molecule has 4 nitrogen and oxygen atoms in total. The van der Waals surface area contributed by atoms with Crippen molar-refractivity contribution in [2.24, 2.45) is 0 Å². The van der Waals surface area contributed by atoms with Gasteiger partial charge in [-0.05, 0) is 48.8 Å². The highest BCUT2D eigenvalue weighted by molar-refractivity contribution is 9.10. The summed E-state index contributed by atoms with van der Waals surface area (Å²) in [5.74, 6) is 0. The number of rotatable bonds is 2. The Morgan fingerprint density at radius 2 is 2.10 bits per heavy atom. The maximum absolute atomic E-state index is 11.8. The molecular weight excluding hydrogens is 344 g/mol. The van der Waals surface area contributed by atoms with Crippen molar-refractivity contribution in [1.29, 1.82) is 0 Å². The molecule has 1 heterocycles. The molecule has 110 valence electrons. The largest absolute Gasteiger partial charge is 0.444 e. The molecule has 1 amide bonds. The second kappa shape index (κ2) is 5.82. The first kappa shape index (κ1) is 15.4. The minimum Gasteiger partial charge on any atom is -0.444 e. The van der Waals surface area contributed by atoms with E-state index >= 15 is 0 Å². The predicted octanol–water partition coefficient (Wildman–Crippen LogP) is 4.13. The van der Waals surface area contributed by atoms with E-state index < -0.39 is 5.60 Å². The number of amides is 1. The maximum Gasteiger partial charge on any atom is 0.410 e. The Kier molecular flexibility index (Phi) is 4.49. The number of carbonyl (C=O) groups excluding carboxylic acids is 1. The van der Waals surface area contributed by atoms with Crippen LogP contribution in [-0.4, -0.2) is 35.7 Å². The molecule has 0 saturated carbocycles. The first-order valence-electron chi connectivity index (χ1n) is 6.45. The summed E-state index contributed by atoms with van der Waals surface area (Å²) in [4.78, 5) is 13.5. The zero-order valence-electron chi connectivity index (χ0n) is 11.7. The van der Waals surface area contributed by atoms with Gasteiger partial charge < -0.3 is 15.0 Å². The minimum absolute atomic E-state index is 0.220. The van der Waals surface area contributed by atoms with E-state index in [0.29, 0.717) is 18.1 Å². The number of nitrogens with one attached hydrogen (secondary N) is 1. The van der Waals surface area contributed by atoms with Gasteiger partial charge in [-0.3, -0.25) is 0 Å². The van der Waals surface area contributed by atoms with Gasteiger partial charge in [0.25, 0.3) is 0 Å². The van der Waals surface area contributed by atoms with Gasteiger partial charge in [0.1, 0.15) is 5.60 Å². The molecule has 0 atom stereocenters. The van der Waals surface area contributed by atoms with Gasteiger partial charge in [0.15, 0.2) is 0 Å². The average Bonchev–Trinajstić information content (AvgIpc) is 2.25. The SMILES string of the molecule is CC(C)(C)OC(=O)N1CC(Nc2cccc(Cl)c2Br)C1. The molecule has 6 heteroatoms. The van der Waals surface area contributed by atoms with Crippen LogP contribution in [-0.2, 0) is 4.74 Å². The number of hydrogen-bond donors (Lipinski definition) is 1. The third-order valence-corrected chi connectivity index (χ3v) is 4.24. The topological polar surface area (TPSA) is 41.6 Å². The summed E-state index contributed by atoms with van der Waals surface area (Å²) in [7, 11) is 0. The van der Waals surface area contributed by atoms with E-state index in [1.165, 1.54) is 0 Å². The second-order valence-corrected chi connectivity index (χ2v) is 7.03. The van der Waals surface area contributed by atoms with Gasteiger partial charge in [0, 0.05) is 13.1 Å². The Hall–Kier alpha value is -0.940. The fourth-order valence-corrected chi connectivity index (χ4v) is 2.43. The lowest BCUT2D eigenvalue weighted by Crippen LogP contribution is -2.57. The Labute approximate surface area is 132 Å². The lowest BCUT2D eigenvalue weighted by molar-refractivity contribution is 0.0105. The first-order chi connectivity index (χ1) is 9.26. The molecule has 0 aromatic heterocycles. The van der Waals surface area contributed by atoms with E-state index in [-0.39, 0.29) is 12.1 Å². The third kappa shape index (κ3) is 3.79. The van der Waals surface area contributed by atoms with Crippen molar-refractivity contribution in [2.45, 2.75) is 32.4 Å². The summed E-state index contributed by atoms with van der Waals surface area (Å²) in [6.45, 7) is 6.86. The highest BCUT2D eigenvalue weighted by atomic mass is 79.9. The fourth-order valence-electron chi connectivity index (χ4n) is 1.88. The number of hydrogen-bond acceptors (Lipinski definition) is 3. The summed E-state index contributed by atoms with van der Waals surface area (Å²) in [6, 6.07) is 5.88. The van der Waals surface area contributed by atoms with Crippen molar-refractivity contribution in [3.63, 3.8) is 0 Å². The minimum atomic E-state index is -0.453. The summed E-state index contributed by atoms with van der Waals surface area (Å²) in [5, 5.41) is 4.02. The fraction of sp³-hybridized carbons (Fsp3) is 0.500. The average molecular weight is 362 g/mol. The molecule has 2 rings (SSSR count). The van der Waals surface area contributed by atoms with E-state index in [9.17, 15) is 4.79 Å². The molecule has 0 bridgehead atoms. The molecular formula is C14H18BrClN2O2. The molecule has 1 N–H and O–H groups in total. The Bertz CT molecular complexity index is 510. The lowest BCUT2D eigenvalue weighted by atomic mass is 10.1. The summed E-state index contributed by atoms with van der Waals surface area (Å²) >= 11 is 9.48. The van der Waals surface area contributed by atoms with Crippen molar-refractivity contribution < 1.29 is 9.53 Å². The van der Waals surface area contributed by atoms with Gasteiger partial charge in [-0.15, -0.1) is 0 Å². The van der Waals surface area contributed by atoms with E-state index in [2.05, 4.69) is 21.2 Å². The van der Waals surface area contributed by atoms with Gasteiger partial charge in [-0.2, -0.15) is 0 Å². The van der Waals surface area contributed by atoms with Crippen molar-refractivity contribution >= 4 is 39.3 Å². The molecule has 0 aliphatic carbocycles.